The number of nitrogens with zero attached hydrogens (tertiary/aromatic N) is 1. The molecule has 0 radical (unpaired) electrons. The molecule has 0 saturated carbocycles. The molecule has 1 fully saturated rings. The van der Waals surface area contributed by atoms with Gasteiger partial charge in [-0.25, -0.2) is 5.01 Å². The lowest BCUT2D eigenvalue weighted by molar-refractivity contribution is 0.212. The summed E-state index contributed by atoms with van der Waals surface area (Å²) in [6.07, 6.45) is 2.64. The third kappa shape index (κ3) is 1.96. The van der Waals surface area contributed by atoms with Crippen LogP contribution in [0, 0.1) is 5.92 Å². The summed E-state index contributed by atoms with van der Waals surface area (Å²) in [6, 6.07) is 0.778. The largest absolute Gasteiger partial charge is 0.255 e. The van der Waals surface area contributed by atoms with Crippen molar-refractivity contribution in [2.24, 2.45) is 5.92 Å². The van der Waals surface area contributed by atoms with Gasteiger partial charge in [0.15, 0.2) is 0 Å². The first-order valence-electron chi connectivity index (χ1n) is 4.16. The van der Waals surface area contributed by atoms with Crippen molar-refractivity contribution in [3.8, 4) is 0 Å². The maximum Gasteiger partial charge on any atom is 0.0255 e. The van der Waals surface area contributed by atoms with Crippen molar-refractivity contribution in [1.29, 1.82) is 0 Å². The van der Waals surface area contributed by atoms with Gasteiger partial charge in [0, 0.05) is 19.6 Å². The SMILES string of the molecule is CC(C)CC1CCNN1C. The number of nitrogens with one attached hydrogen (secondary N) is 1. The normalized spacial score (nSPS) is 28.2. The molecule has 0 aromatic rings. The molecule has 0 bridgehead atoms. The summed E-state index contributed by atoms with van der Waals surface area (Å²) in [5, 5.41) is 2.25. The number of hydrogen-bond acceptors (Lipinski definition) is 2. The second-order valence-corrected chi connectivity index (χ2v) is 3.59. The molecule has 0 aliphatic carbocycles. The van der Waals surface area contributed by atoms with E-state index in [1.807, 2.05) is 0 Å². The lowest BCUT2D eigenvalue weighted by Gasteiger charge is -2.20. The van der Waals surface area contributed by atoms with E-state index in [0.29, 0.717) is 0 Å². The van der Waals surface area contributed by atoms with Crippen LogP contribution in [-0.2, 0) is 0 Å². The van der Waals surface area contributed by atoms with Gasteiger partial charge in [0.2, 0.25) is 0 Å². The summed E-state index contributed by atoms with van der Waals surface area (Å²) in [7, 11) is 2.14. The lowest BCUT2D eigenvalue weighted by Crippen LogP contribution is -2.33. The van der Waals surface area contributed by atoms with Gasteiger partial charge in [0.1, 0.15) is 0 Å². The molecule has 1 saturated heterocycles. The Labute approximate surface area is 63.6 Å². The predicted molar refractivity (Wildman–Crippen MR) is 43.6 cm³/mol. The zero-order valence-electron chi connectivity index (χ0n) is 7.22. The van der Waals surface area contributed by atoms with E-state index in [1.54, 1.807) is 0 Å². The van der Waals surface area contributed by atoms with E-state index in [4.69, 9.17) is 0 Å². The van der Waals surface area contributed by atoms with Crippen LogP contribution in [0.5, 0.6) is 0 Å². The Morgan fingerprint density at radius 1 is 1.60 bits per heavy atom. The minimum Gasteiger partial charge on any atom is -0.255 e. The van der Waals surface area contributed by atoms with Crippen LogP contribution in [0.25, 0.3) is 0 Å². The molecule has 1 N–H and O–H groups in total. The van der Waals surface area contributed by atoms with Crippen molar-refractivity contribution >= 4 is 0 Å². The summed E-state index contributed by atoms with van der Waals surface area (Å²) in [5.74, 6) is 0.826. The van der Waals surface area contributed by atoms with Gasteiger partial charge < -0.3 is 0 Å². The Morgan fingerprint density at radius 2 is 2.30 bits per heavy atom. The third-order valence-corrected chi connectivity index (χ3v) is 2.13. The minimum atomic E-state index is 0.778. The molecule has 0 spiro atoms. The standard InChI is InChI=1S/C8H18N2/c1-7(2)6-8-4-5-9-10(8)3/h7-9H,4-6H2,1-3H3. The summed E-state index contributed by atoms with van der Waals surface area (Å²) in [6.45, 7) is 5.73. The Morgan fingerprint density at radius 3 is 2.70 bits per heavy atom. The highest BCUT2D eigenvalue weighted by Gasteiger charge is 2.20. The van der Waals surface area contributed by atoms with Gasteiger partial charge in [-0.3, -0.25) is 5.43 Å². The number of hydrazine groups is 1. The van der Waals surface area contributed by atoms with Crippen LogP contribution in [0.2, 0.25) is 0 Å². The van der Waals surface area contributed by atoms with Crippen molar-refractivity contribution in [2.75, 3.05) is 13.6 Å². The zero-order chi connectivity index (χ0) is 7.56. The molecule has 0 aromatic heterocycles. The molecule has 2 heteroatoms. The first-order chi connectivity index (χ1) is 4.70. The minimum absolute atomic E-state index is 0.778. The molecule has 10 heavy (non-hydrogen) atoms. The molecule has 1 aliphatic heterocycles. The maximum absolute atomic E-state index is 3.31. The van der Waals surface area contributed by atoms with Crippen molar-refractivity contribution in [1.82, 2.24) is 10.4 Å². The van der Waals surface area contributed by atoms with Gasteiger partial charge in [0.05, 0.1) is 0 Å². The van der Waals surface area contributed by atoms with Gasteiger partial charge in [-0.2, -0.15) is 0 Å². The quantitative estimate of drug-likeness (QED) is 0.624. The van der Waals surface area contributed by atoms with E-state index in [-0.39, 0.29) is 0 Å². The van der Waals surface area contributed by atoms with Crippen molar-refractivity contribution in [2.45, 2.75) is 32.7 Å². The fourth-order valence-electron chi connectivity index (χ4n) is 1.55. The molecule has 1 unspecified atom stereocenters. The van der Waals surface area contributed by atoms with E-state index in [0.717, 1.165) is 18.5 Å². The molecule has 0 amide bonds. The molecule has 0 aromatic carbocycles. The Bertz CT molecular complexity index is 101. The van der Waals surface area contributed by atoms with Crippen LogP contribution in [0.15, 0.2) is 0 Å². The molecule has 2 nitrogen and oxygen atoms in total. The van der Waals surface area contributed by atoms with Crippen LogP contribution in [-0.4, -0.2) is 24.6 Å². The topological polar surface area (TPSA) is 15.3 Å². The number of hydrogen-bond donors (Lipinski definition) is 1. The second-order valence-electron chi connectivity index (χ2n) is 3.59. The van der Waals surface area contributed by atoms with Gasteiger partial charge >= 0.3 is 0 Å². The fraction of sp³-hybridized carbons (Fsp3) is 1.00. The van der Waals surface area contributed by atoms with Crippen molar-refractivity contribution in [3.63, 3.8) is 0 Å². The van der Waals surface area contributed by atoms with E-state index >= 15 is 0 Å². The van der Waals surface area contributed by atoms with Crippen LogP contribution in [0.1, 0.15) is 26.7 Å². The van der Waals surface area contributed by atoms with E-state index in [2.05, 4.69) is 31.3 Å². The van der Waals surface area contributed by atoms with Crippen molar-refractivity contribution < 1.29 is 0 Å². The Balaban J connectivity index is 2.26. The lowest BCUT2D eigenvalue weighted by atomic mass is 10.0. The van der Waals surface area contributed by atoms with Gasteiger partial charge in [-0.05, 0) is 18.8 Å². The molecule has 60 valence electrons. The van der Waals surface area contributed by atoms with Crippen LogP contribution in [0.4, 0.5) is 0 Å². The summed E-state index contributed by atoms with van der Waals surface area (Å²) < 4.78 is 0. The second kappa shape index (κ2) is 3.35. The summed E-state index contributed by atoms with van der Waals surface area (Å²) in [5.41, 5.74) is 3.31. The van der Waals surface area contributed by atoms with Gasteiger partial charge in [0.25, 0.3) is 0 Å². The molecule has 1 aliphatic rings. The average Bonchev–Trinajstić information content (AvgIpc) is 2.15. The van der Waals surface area contributed by atoms with Gasteiger partial charge in [-0.1, -0.05) is 13.8 Å². The van der Waals surface area contributed by atoms with Gasteiger partial charge in [-0.15, -0.1) is 0 Å². The highest BCUT2D eigenvalue weighted by molar-refractivity contribution is 4.74. The molecular weight excluding hydrogens is 124 g/mol. The molecule has 1 atom stereocenters. The predicted octanol–water partition coefficient (Wildman–Crippen LogP) is 1.24. The van der Waals surface area contributed by atoms with E-state index < -0.39 is 0 Å². The first-order valence-corrected chi connectivity index (χ1v) is 4.16. The monoisotopic (exact) mass is 142 g/mol. The highest BCUT2D eigenvalue weighted by atomic mass is 15.5. The third-order valence-electron chi connectivity index (χ3n) is 2.13. The Hall–Kier alpha value is -0.0800. The van der Waals surface area contributed by atoms with Crippen molar-refractivity contribution in [3.05, 3.63) is 0 Å². The van der Waals surface area contributed by atoms with E-state index in [1.165, 1.54) is 12.8 Å². The summed E-state index contributed by atoms with van der Waals surface area (Å²) in [4.78, 5) is 0. The van der Waals surface area contributed by atoms with Crippen LogP contribution >= 0.6 is 0 Å². The molecular formula is C8H18N2. The zero-order valence-corrected chi connectivity index (χ0v) is 7.22. The van der Waals surface area contributed by atoms with E-state index in [9.17, 15) is 0 Å². The molecule has 1 heterocycles. The summed E-state index contributed by atoms with van der Waals surface area (Å²) >= 11 is 0. The molecule has 1 rings (SSSR count). The smallest absolute Gasteiger partial charge is 0.0255 e. The highest BCUT2D eigenvalue weighted by Crippen LogP contribution is 2.15. The first kappa shape index (κ1) is 8.02. The maximum atomic E-state index is 3.31. The average molecular weight is 142 g/mol. The van der Waals surface area contributed by atoms with Crippen LogP contribution < -0.4 is 5.43 Å². The Kier molecular flexibility index (Phi) is 2.69. The van der Waals surface area contributed by atoms with Crippen LogP contribution in [0.3, 0.4) is 0 Å². The number of rotatable bonds is 2. The fourth-order valence-corrected chi connectivity index (χ4v) is 1.55.